The number of halogens is 1. The van der Waals surface area contributed by atoms with E-state index < -0.39 is 11.5 Å². The number of benzene rings is 1. The first-order chi connectivity index (χ1) is 7.95. The van der Waals surface area contributed by atoms with Crippen LogP contribution >= 0.6 is 12.4 Å². The summed E-state index contributed by atoms with van der Waals surface area (Å²) in [6, 6.07) is 6.92. The van der Waals surface area contributed by atoms with Crippen LogP contribution in [0, 0.1) is 5.41 Å². The summed E-state index contributed by atoms with van der Waals surface area (Å²) in [4.78, 5) is 11.7. The highest BCUT2D eigenvalue weighted by Gasteiger charge is 2.37. The minimum absolute atomic E-state index is 0. The molecule has 0 saturated carbocycles. The zero-order valence-electron chi connectivity index (χ0n) is 11.1. The Morgan fingerprint density at radius 2 is 1.83 bits per heavy atom. The second-order valence-corrected chi connectivity index (χ2v) is 4.43. The summed E-state index contributed by atoms with van der Waals surface area (Å²) >= 11 is 0. The van der Waals surface area contributed by atoms with Gasteiger partial charge in [-0.3, -0.25) is 4.79 Å². The minimum Gasteiger partial charge on any atom is -0.496 e. The summed E-state index contributed by atoms with van der Waals surface area (Å²) in [6.07, 6.45) is 0. The number of ether oxygens (including phenoxy) is 2. The lowest BCUT2D eigenvalue weighted by Gasteiger charge is -2.29. The molecule has 1 aromatic rings. The van der Waals surface area contributed by atoms with Gasteiger partial charge in [0.15, 0.2) is 0 Å². The van der Waals surface area contributed by atoms with E-state index in [-0.39, 0.29) is 18.4 Å². The van der Waals surface area contributed by atoms with Gasteiger partial charge in [-0.15, -0.1) is 12.4 Å². The Hall–Kier alpha value is -1.26. The molecule has 0 saturated heterocycles. The molecule has 0 radical (unpaired) electrons. The first kappa shape index (κ1) is 16.7. The number of methoxy groups -OCH3 is 2. The van der Waals surface area contributed by atoms with E-state index in [1.807, 2.05) is 24.3 Å². The average Bonchev–Trinajstić information content (AvgIpc) is 2.36. The number of rotatable bonds is 4. The van der Waals surface area contributed by atoms with Crippen molar-refractivity contribution < 1.29 is 14.3 Å². The number of carbonyl (C=O) groups is 1. The van der Waals surface area contributed by atoms with Crippen molar-refractivity contribution in [3.05, 3.63) is 29.8 Å². The Morgan fingerprint density at radius 3 is 2.33 bits per heavy atom. The third kappa shape index (κ3) is 3.15. The van der Waals surface area contributed by atoms with Crippen molar-refractivity contribution in [2.24, 2.45) is 11.1 Å². The highest BCUT2D eigenvalue weighted by molar-refractivity contribution is 5.85. The Morgan fingerprint density at radius 1 is 1.28 bits per heavy atom. The van der Waals surface area contributed by atoms with E-state index in [1.165, 1.54) is 7.11 Å². The summed E-state index contributed by atoms with van der Waals surface area (Å²) in [5.74, 6) is 0.341. The summed E-state index contributed by atoms with van der Waals surface area (Å²) in [6.45, 7) is 3.52. The number of nitrogens with two attached hydrogens (primary N) is 1. The normalized spacial score (nSPS) is 12.3. The van der Waals surface area contributed by atoms with Crippen LogP contribution < -0.4 is 10.5 Å². The molecule has 1 aromatic carbocycles. The second-order valence-electron chi connectivity index (χ2n) is 4.43. The van der Waals surface area contributed by atoms with Crippen molar-refractivity contribution >= 4 is 18.4 Å². The van der Waals surface area contributed by atoms with E-state index in [1.54, 1.807) is 21.0 Å². The number of carbonyl (C=O) groups excluding carboxylic acids is 1. The molecule has 0 aromatic heterocycles. The zero-order valence-corrected chi connectivity index (χ0v) is 11.9. The van der Waals surface area contributed by atoms with E-state index in [0.717, 1.165) is 5.56 Å². The summed E-state index contributed by atoms with van der Waals surface area (Å²) in [5.41, 5.74) is 6.14. The van der Waals surface area contributed by atoms with Crippen molar-refractivity contribution in [3.8, 4) is 5.75 Å². The SMILES string of the molecule is COC(=O)C(C)(C)[C@@H](N)c1ccccc1OC.Cl. The van der Waals surface area contributed by atoms with Gasteiger partial charge in [-0.2, -0.15) is 0 Å². The fraction of sp³-hybridized carbons (Fsp3) is 0.462. The molecular formula is C13H20ClNO3. The lowest BCUT2D eigenvalue weighted by atomic mass is 9.81. The first-order valence-electron chi connectivity index (χ1n) is 5.42. The van der Waals surface area contributed by atoms with E-state index in [9.17, 15) is 4.79 Å². The molecule has 1 atom stereocenters. The van der Waals surface area contributed by atoms with Crippen LogP contribution in [0.5, 0.6) is 5.75 Å². The molecule has 0 unspecified atom stereocenters. The molecular weight excluding hydrogens is 254 g/mol. The maximum absolute atomic E-state index is 11.7. The number of esters is 1. The molecule has 0 aliphatic carbocycles. The van der Waals surface area contributed by atoms with E-state index in [2.05, 4.69) is 0 Å². The van der Waals surface area contributed by atoms with Gasteiger partial charge in [0.1, 0.15) is 5.75 Å². The van der Waals surface area contributed by atoms with Crippen LogP contribution in [0.25, 0.3) is 0 Å². The second kappa shape index (κ2) is 6.61. The average molecular weight is 274 g/mol. The smallest absolute Gasteiger partial charge is 0.313 e. The van der Waals surface area contributed by atoms with Crippen LogP contribution in [0.2, 0.25) is 0 Å². The minimum atomic E-state index is -0.802. The Labute approximate surface area is 114 Å². The van der Waals surface area contributed by atoms with Gasteiger partial charge in [0.25, 0.3) is 0 Å². The quantitative estimate of drug-likeness (QED) is 0.855. The molecule has 5 heteroatoms. The molecule has 4 nitrogen and oxygen atoms in total. The number of hydrogen-bond donors (Lipinski definition) is 1. The zero-order chi connectivity index (χ0) is 13.1. The lowest BCUT2D eigenvalue weighted by molar-refractivity contribution is -0.152. The first-order valence-corrected chi connectivity index (χ1v) is 5.42. The van der Waals surface area contributed by atoms with Crippen molar-refractivity contribution in [1.82, 2.24) is 0 Å². The van der Waals surface area contributed by atoms with Crippen LogP contribution in [0.4, 0.5) is 0 Å². The molecule has 0 bridgehead atoms. The molecule has 102 valence electrons. The van der Waals surface area contributed by atoms with Gasteiger partial charge >= 0.3 is 5.97 Å². The molecule has 0 heterocycles. The van der Waals surface area contributed by atoms with E-state index >= 15 is 0 Å². The van der Waals surface area contributed by atoms with Gasteiger partial charge in [-0.25, -0.2) is 0 Å². The summed E-state index contributed by atoms with van der Waals surface area (Å²) in [7, 11) is 2.94. The molecule has 0 amide bonds. The summed E-state index contributed by atoms with van der Waals surface area (Å²) in [5, 5.41) is 0. The fourth-order valence-electron chi connectivity index (χ4n) is 1.70. The van der Waals surface area contributed by atoms with E-state index in [4.69, 9.17) is 15.2 Å². The van der Waals surface area contributed by atoms with Crippen molar-refractivity contribution in [1.29, 1.82) is 0 Å². The van der Waals surface area contributed by atoms with Gasteiger partial charge < -0.3 is 15.2 Å². The van der Waals surface area contributed by atoms with Crippen LogP contribution in [0.3, 0.4) is 0 Å². The highest BCUT2D eigenvalue weighted by atomic mass is 35.5. The topological polar surface area (TPSA) is 61.5 Å². The number of para-hydroxylation sites is 1. The fourth-order valence-corrected chi connectivity index (χ4v) is 1.70. The molecule has 0 fully saturated rings. The maximum Gasteiger partial charge on any atom is 0.313 e. The van der Waals surface area contributed by atoms with Crippen LogP contribution in [-0.4, -0.2) is 20.2 Å². The monoisotopic (exact) mass is 273 g/mol. The van der Waals surface area contributed by atoms with Gasteiger partial charge in [0.05, 0.1) is 19.6 Å². The number of hydrogen-bond acceptors (Lipinski definition) is 4. The third-order valence-corrected chi connectivity index (χ3v) is 2.96. The third-order valence-electron chi connectivity index (χ3n) is 2.96. The lowest BCUT2D eigenvalue weighted by Crippen LogP contribution is -2.37. The molecule has 1 rings (SSSR count). The van der Waals surface area contributed by atoms with Gasteiger partial charge in [-0.05, 0) is 19.9 Å². The Bertz CT molecular complexity index is 407. The van der Waals surface area contributed by atoms with Crippen molar-refractivity contribution in [2.75, 3.05) is 14.2 Å². The maximum atomic E-state index is 11.7. The predicted octanol–water partition coefficient (Wildman–Crippen LogP) is 2.32. The molecule has 0 aliphatic rings. The van der Waals surface area contributed by atoms with Crippen LogP contribution in [0.15, 0.2) is 24.3 Å². The summed E-state index contributed by atoms with van der Waals surface area (Å²) < 4.78 is 10.0. The van der Waals surface area contributed by atoms with Crippen molar-refractivity contribution in [3.63, 3.8) is 0 Å². The van der Waals surface area contributed by atoms with Gasteiger partial charge in [-0.1, -0.05) is 18.2 Å². The largest absolute Gasteiger partial charge is 0.496 e. The molecule has 2 N–H and O–H groups in total. The Kier molecular flexibility index (Phi) is 6.15. The van der Waals surface area contributed by atoms with Gasteiger partial charge in [0, 0.05) is 11.6 Å². The predicted molar refractivity (Wildman–Crippen MR) is 73.0 cm³/mol. The van der Waals surface area contributed by atoms with Crippen molar-refractivity contribution in [2.45, 2.75) is 19.9 Å². The van der Waals surface area contributed by atoms with E-state index in [0.29, 0.717) is 5.75 Å². The highest BCUT2D eigenvalue weighted by Crippen LogP contribution is 2.36. The standard InChI is InChI=1S/C13H19NO3.ClH/c1-13(2,12(15)17-4)11(14)9-7-5-6-8-10(9)16-3;/h5-8,11H,14H2,1-4H3;1H/t11-;/m0./s1. The Balaban J connectivity index is 0.00000289. The van der Waals surface area contributed by atoms with Crippen LogP contribution in [-0.2, 0) is 9.53 Å². The van der Waals surface area contributed by atoms with Gasteiger partial charge in [0.2, 0.25) is 0 Å². The molecule has 0 spiro atoms. The molecule has 18 heavy (non-hydrogen) atoms. The van der Waals surface area contributed by atoms with Crippen LogP contribution in [0.1, 0.15) is 25.5 Å². The molecule has 0 aliphatic heterocycles.